The maximum Gasteiger partial charge on any atom is 0.196 e. The molecule has 2 aliphatic heterocycles. The van der Waals surface area contributed by atoms with E-state index in [2.05, 4.69) is 96.4 Å². The van der Waals surface area contributed by atoms with Crippen LogP contribution in [-0.4, -0.2) is 83.2 Å². The zero-order chi connectivity index (χ0) is 35.6. The number of guanidine groups is 1. The molecule has 268 valence electrons. The molecule has 2 aromatic carbocycles. The van der Waals surface area contributed by atoms with Crippen LogP contribution in [0.15, 0.2) is 39.2 Å². The number of nitrogens with zero attached hydrogens (tertiary/aromatic N) is 5. The fourth-order valence-electron chi connectivity index (χ4n) is 7.37. The van der Waals surface area contributed by atoms with E-state index in [0.29, 0.717) is 11.5 Å². The smallest absolute Gasteiger partial charge is 0.196 e. The Morgan fingerprint density at radius 1 is 0.714 bits per heavy atom. The largest absolute Gasteiger partial charge is 0.507 e. The fraction of sp³-hybridized carbons (Fsp3) is 0.643. The first-order chi connectivity index (χ1) is 23.0. The van der Waals surface area contributed by atoms with Crippen molar-refractivity contribution in [2.45, 2.75) is 142 Å². The Bertz CT molecular complexity index is 1550. The van der Waals surface area contributed by atoms with Gasteiger partial charge in [-0.1, -0.05) is 87.3 Å². The molecule has 0 aromatic heterocycles. The molecule has 2 fully saturated rings. The molecular formula is C42H63N5O2. The van der Waals surface area contributed by atoms with Crippen molar-refractivity contribution in [3.05, 3.63) is 57.6 Å². The second-order valence-electron chi connectivity index (χ2n) is 17.7. The molecule has 2 N–H and O–H groups in total. The summed E-state index contributed by atoms with van der Waals surface area (Å²) in [6, 6.07) is 8.62. The summed E-state index contributed by atoms with van der Waals surface area (Å²) in [7, 11) is 0. The average molecular weight is 670 g/mol. The van der Waals surface area contributed by atoms with Gasteiger partial charge in [0.25, 0.3) is 0 Å². The Labute approximate surface area is 296 Å². The number of aliphatic imine (C=N–C) groups is 3. The van der Waals surface area contributed by atoms with E-state index in [4.69, 9.17) is 15.0 Å². The third-order valence-corrected chi connectivity index (χ3v) is 10.5. The highest BCUT2D eigenvalue weighted by molar-refractivity contribution is 5.86. The van der Waals surface area contributed by atoms with Gasteiger partial charge < -0.3 is 20.0 Å². The lowest BCUT2D eigenvalue weighted by atomic mass is 9.79. The Balaban J connectivity index is 1.36. The predicted molar refractivity (Wildman–Crippen MR) is 207 cm³/mol. The van der Waals surface area contributed by atoms with Gasteiger partial charge in [-0.3, -0.25) is 15.0 Å². The van der Waals surface area contributed by atoms with E-state index in [1.54, 1.807) is 0 Å². The number of benzene rings is 2. The number of rotatable bonds is 8. The lowest BCUT2D eigenvalue weighted by Crippen LogP contribution is -2.52. The molecule has 5 rings (SSSR count). The lowest BCUT2D eigenvalue weighted by molar-refractivity contribution is 0.242. The van der Waals surface area contributed by atoms with Crippen LogP contribution in [-0.2, 0) is 22.7 Å². The average Bonchev–Trinajstić information content (AvgIpc) is 3.03. The molecule has 2 aromatic rings. The molecule has 2 atom stereocenters. The summed E-state index contributed by atoms with van der Waals surface area (Å²) >= 11 is 0. The summed E-state index contributed by atoms with van der Waals surface area (Å²) in [6.07, 6.45) is 12.0. The van der Waals surface area contributed by atoms with Gasteiger partial charge in [-0.25, -0.2) is 0 Å². The molecule has 7 heteroatoms. The third kappa shape index (κ3) is 9.07. The van der Waals surface area contributed by atoms with Gasteiger partial charge in [0.2, 0.25) is 0 Å². The standard InChI is InChI=1S/C42H63N5O2/c1-40(2,3)32-23-29(15-12-19-46-21-14-22-47-20-13-18-43-39(46)47)37(48)30(24-32)27-44-35-16-10-11-17-36(35)45-28-31-25-33(41(4,5)6)26-34(38(31)49)42(7,8)9/h23-28,35-36,48-49H,10-22H2,1-9H3/t35-,36-/m0/s1. The van der Waals surface area contributed by atoms with Gasteiger partial charge in [-0.05, 0) is 83.6 Å². The number of phenols is 2. The van der Waals surface area contributed by atoms with Crippen molar-refractivity contribution in [3.63, 3.8) is 0 Å². The quantitative estimate of drug-likeness (QED) is 0.276. The fourth-order valence-corrected chi connectivity index (χ4v) is 7.37. The van der Waals surface area contributed by atoms with Crippen molar-refractivity contribution >= 4 is 18.4 Å². The SMILES string of the molecule is CC(C)(C)c1cc(C=N[C@H]2CCCC[C@@H]2N=Cc2cc(C(C)(C)C)cc(C(C)(C)C)c2O)c(O)c(CCCN2CCCN3CCCN=C32)c1. The third-order valence-electron chi connectivity index (χ3n) is 10.5. The van der Waals surface area contributed by atoms with Crippen LogP contribution in [0.2, 0.25) is 0 Å². The van der Waals surface area contributed by atoms with E-state index in [-0.39, 0.29) is 28.3 Å². The Hall–Kier alpha value is -3.35. The molecule has 0 unspecified atom stereocenters. The molecule has 1 aliphatic carbocycles. The Morgan fingerprint density at radius 2 is 1.29 bits per heavy atom. The number of phenolic OH excluding ortho intramolecular Hbond substituents is 2. The highest BCUT2D eigenvalue weighted by Gasteiger charge is 2.28. The first-order valence-electron chi connectivity index (χ1n) is 18.9. The highest BCUT2D eigenvalue weighted by atomic mass is 16.3. The first-order valence-corrected chi connectivity index (χ1v) is 18.9. The molecule has 3 aliphatic rings. The van der Waals surface area contributed by atoms with Crippen molar-refractivity contribution in [2.24, 2.45) is 15.0 Å². The van der Waals surface area contributed by atoms with Crippen molar-refractivity contribution in [3.8, 4) is 11.5 Å². The van der Waals surface area contributed by atoms with E-state index >= 15 is 0 Å². The minimum atomic E-state index is -0.188. The topological polar surface area (TPSA) is 84.0 Å². The Kier molecular flexibility index (Phi) is 11.2. The minimum Gasteiger partial charge on any atom is -0.507 e. The first kappa shape index (κ1) is 36.9. The van der Waals surface area contributed by atoms with Crippen LogP contribution >= 0.6 is 0 Å². The Morgan fingerprint density at radius 3 is 1.88 bits per heavy atom. The molecule has 7 nitrogen and oxygen atoms in total. The van der Waals surface area contributed by atoms with Gasteiger partial charge in [0.1, 0.15) is 11.5 Å². The van der Waals surface area contributed by atoms with Crippen molar-refractivity contribution in [1.29, 1.82) is 0 Å². The van der Waals surface area contributed by atoms with Crippen LogP contribution in [0.3, 0.4) is 0 Å². The molecular weight excluding hydrogens is 606 g/mol. The van der Waals surface area contributed by atoms with Gasteiger partial charge in [0.15, 0.2) is 5.96 Å². The van der Waals surface area contributed by atoms with E-state index < -0.39 is 0 Å². The molecule has 0 amide bonds. The van der Waals surface area contributed by atoms with E-state index in [9.17, 15) is 10.2 Å². The summed E-state index contributed by atoms with van der Waals surface area (Å²) in [6.45, 7) is 24.9. The van der Waals surface area contributed by atoms with Gasteiger partial charge in [-0.15, -0.1) is 0 Å². The van der Waals surface area contributed by atoms with E-state index in [1.165, 1.54) is 23.5 Å². The van der Waals surface area contributed by atoms with Gasteiger partial charge in [0, 0.05) is 61.8 Å². The molecule has 49 heavy (non-hydrogen) atoms. The number of fused-ring (bicyclic) bond motifs is 1. The number of hydrogen-bond acceptors (Lipinski definition) is 7. The number of aromatic hydroxyl groups is 2. The summed E-state index contributed by atoms with van der Waals surface area (Å²) in [5.41, 5.74) is 5.64. The number of aryl methyl sites for hydroxylation is 1. The van der Waals surface area contributed by atoms with Gasteiger partial charge >= 0.3 is 0 Å². The minimum absolute atomic E-state index is 0.0273. The van der Waals surface area contributed by atoms with Crippen LogP contribution in [0.4, 0.5) is 0 Å². The van der Waals surface area contributed by atoms with Crippen LogP contribution in [0, 0.1) is 0 Å². The van der Waals surface area contributed by atoms with Crippen LogP contribution in [0.1, 0.15) is 141 Å². The highest BCUT2D eigenvalue weighted by Crippen LogP contribution is 2.38. The normalized spacial score (nSPS) is 21.0. The zero-order valence-corrected chi connectivity index (χ0v) is 31.9. The summed E-state index contributed by atoms with van der Waals surface area (Å²) in [5, 5.41) is 22.9. The van der Waals surface area contributed by atoms with Gasteiger partial charge in [-0.2, -0.15) is 0 Å². The van der Waals surface area contributed by atoms with Gasteiger partial charge in [0.05, 0.1) is 12.1 Å². The van der Waals surface area contributed by atoms with Crippen LogP contribution < -0.4 is 0 Å². The molecule has 0 bridgehead atoms. The van der Waals surface area contributed by atoms with E-state index in [1.807, 2.05) is 12.4 Å². The molecule has 2 heterocycles. The van der Waals surface area contributed by atoms with Crippen molar-refractivity contribution < 1.29 is 10.2 Å². The van der Waals surface area contributed by atoms with Crippen molar-refractivity contribution in [2.75, 3.05) is 32.7 Å². The number of hydrogen-bond donors (Lipinski definition) is 2. The molecule has 0 spiro atoms. The van der Waals surface area contributed by atoms with Crippen LogP contribution in [0.25, 0.3) is 0 Å². The maximum absolute atomic E-state index is 11.6. The maximum atomic E-state index is 11.6. The lowest BCUT2D eigenvalue weighted by Gasteiger charge is -2.41. The summed E-state index contributed by atoms with van der Waals surface area (Å²) < 4.78 is 0. The molecule has 1 saturated carbocycles. The molecule has 0 radical (unpaired) electrons. The van der Waals surface area contributed by atoms with Crippen LogP contribution in [0.5, 0.6) is 11.5 Å². The van der Waals surface area contributed by atoms with E-state index in [0.717, 1.165) is 99.9 Å². The summed E-state index contributed by atoms with van der Waals surface area (Å²) in [4.78, 5) is 19.9. The zero-order valence-electron chi connectivity index (χ0n) is 31.9. The molecule has 1 saturated heterocycles. The predicted octanol–water partition coefficient (Wildman–Crippen LogP) is 8.54. The second-order valence-corrected chi connectivity index (χ2v) is 17.7. The monoisotopic (exact) mass is 669 g/mol. The second kappa shape index (κ2) is 14.9. The summed E-state index contributed by atoms with van der Waals surface area (Å²) in [5.74, 6) is 1.84. The van der Waals surface area contributed by atoms with Crippen molar-refractivity contribution in [1.82, 2.24) is 9.80 Å².